The normalized spacial score (nSPS) is 30.3. The highest BCUT2D eigenvalue weighted by atomic mass is 16.7. The van der Waals surface area contributed by atoms with Crippen LogP contribution in [0.2, 0.25) is 0 Å². The zero-order valence-corrected chi connectivity index (χ0v) is 13.5. The summed E-state index contributed by atoms with van der Waals surface area (Å²) in [4.78, 5) is 0. The molecule has 1 aromatic carbocycles. The van der Waals surface area contributed by atoms with Crippen LogP contribution in [0.25, 0.3) is 0 Å². The maximum absolute atomic E-state index is 6.13. The van der Waals surface area contributed by atoms with Crippen LogP contribution in [0.15, 0.2) is 24.3 Å². The van der Waals surface area contributed by atoms with Gasteiger partial charge in [0.1, 0.15) is 5.75 Å². The summed E-state index contributed by atoms with van der Waals surface area (Å²) in [6.07, 6.45) is 6.83. The van der Waals surface area contributed by atoms with Gasteiger partial charge in [-0.1, -0.05) is 26.0 Å². The molecule has 0 spiro atoms. The molecule has 2 aliphatic rings. The Labute approximate surface area is 128 Å². The maximum Gasteiger partial charge on any atom is 0.197 e. The highest BCUT2D eigenvalue weighted by molar-refractivity contribution is 5.29. The van der Waals surface area contributed by atoms with Crippen molar-refractivity contribution < 1.29 is 9.47 Å². The van der Waals surface area contributed by atoms with Crippen LogP contribution < -0.4 is 4.74 Å². The molecule has 116 valence electrons. The van der Waals surface area contributed by atoms with E-state index in [2.05, 4.69) is 38.1 Å². The molecule has 2 fully saturated rings. The van der Waals surface area contributed by atoms with E-state index in [1.807, 2.05) is 6.92 Å². The molecule has 0 aliphatic heterocycles. The minimum absolute atomic E-state index is 0.149. The Morgan fingerprint density at radius 2 is 1.86 bits per heavy atom. The molecular weight excluding hydrogens is 260 g/mol. The van der Waals surface area contributed by atoms with E-state index >= 15 is 0 Å². The van der Waals surface area contributed by atoms with E-state index in [4.69, 9.17) is 9.47 Å². The Balaban J connectivity index is 1.51. The first-order valence-corrected chi connectivity index (χ1v) is 8.57. The van der Waals surface area contributed by atoms with Gasteiger partial charge in [-0.2, -0.15) is 0 Å². The van der Waals surface area contributed by atoms with Crippen molar-refractivity contribution >= 4 is 0 Å². The predicted octanol–water partition coefficient (Wildman–Crippen LogP) is 5.13. The number of fused-ring (bicyclic) bond motifs is 2. The maximum atomic E-state index is 6.13. The molecule has 21 heavy (non-hydrogen) atoms. The Bertz CT molecular complexity index is 453. The third kappa shape index (κ3) is 3.42. The van der Waals surface area contributed by atoms with Crippen molar-refractivity contribution in [3.05, 3.63) is 29.8 Å². The number of ether oxygens (including phenoxy) is 2. The molecule has 3 rings (SSSR count). The first-order valence-electron chi connectivity index (χ1n) is 8.57. The summed E-state index contributed by atoms with van der Waals surface area (Å²) in [7, 11) is 0. The second-order valence-corrected chi connectivity index (χ2v) is 6.91. The summed E-state index contributed by atoms with van der Waals surface area (Å²) in [6.45, 7) is 6.51. The zero-order chi connectivity index (χ0) is 14.8. The van der Waals surface area contributed by atoms with Gasteiger partial charge < -0.3 is 9.47 Å². The molecule has 2 aliphatic carbocycles. The molecule has 0 N–H and O–H groups in total. The lowest BCUT2D eigenvalue weighted by atomic mass is 9.98. The molecule has 2 nitrogen and oxygen atoms in total. The predicted molar refractivity (Wildman–Crippen MR) is 85.6 cm³/mol. The minimum Gasteiger partial charge on any atom is -0.465 e. The summed E-state index contributed by atoms with van der Waals surface area (Å²) < 4.78 is 12.1. The van der Waals surface area contributed by atoms with Gasteiger partial charge in [-0.05, 0) is 74.5 Å². The Hall–Kier alpha value is -1.02. The quantitative estimate of drug-likeness (QED) is 0.676. The molecule has 5 unspecified atom stereocenters. The van der Waals surface area contributed by atoms with Gasteiger partial charge in [0, 0.05) is 0 Å². The SMILES string of the molecule is CCC(C)c1ccc(OC(C)OC2CC3CCC2C3)cc1. The van der Waals surface area contributed by atoms with E-state index < -0.39 is 0 Å². The van der Waals surface area contributed by atoms with E-state index in [1.54, 1.807) is 0 Å². The van der Waals surface area contributed by atoms with E-state index in [0.717, 1.165) is 17.6 Å². The average molecular weight is 288 g/mol. The molecule has 1 aromatic rings. The molecule has 2 bridgehead atoms. The van der Waals surface area contributed by atoms with Crippen LogP contribution in [0.4, 0.5) is 0 Å². The summed E-state index contributed by atoms with van der Waals surface area (Å²) in [6, 6.07) is 8.49. The van der Waals surface area contributed by atoms with Crippen molar-refractivity contribution in [2.75, 3.05) is 0 Å². The van der Waals surface area contributed by atoms with Crippen molar-refractivity contribution in [1.82, 2.24) is 0 Å². The smallest absolute Gasteiger partial charge is 0.197 e. The summed E-state index contributed by atoms with van der Waals surface area (Å²) in [5.74, 6) is 3.23. The zero-order valence-electron chi connectivity index (χ0n) is 13.5. The van der Waals surface area contributed by atoms with Crippen molar-refractivity contribution in [2.45, 2.75) is 71.2 Å². The Morgan fingerprint density at radius 1 is 1.10 bits per heavy atom. The fraction of sp³-hybridized carbons (Fsp3) is 0.684. The number of rotatable bonds is 6. The molecular formula is C19H28O2. The summed E-state index contributed by atoms with van der Waals surface area (Å²) in [5, 5.41) is 0. The van der Waals surface area contributed by atoms with Crippen molar-refractivity contribution in [2.24, 2.45) is 11.8 Å². The lowest BCUT2D eigenvalue weighted by Gasteiger charge is -2.26. The van der Waals surface area contributed by atoms with Gasteiger partial charge >= 0.3 is 0 Å². The molecule has 5 atom stereocenters. The fourth-order valence-electron chi connectivity index (χ4n) is 3.93. The number of hydrogen-bond donors (Lipinski definition) is 0. The van der Waals surface area contributed by atoms with E-state index in [0.29, 0.717) is 12.0 Å². The van der Waals surface area contributed by atoms with Crippen LogP contribution in [0.5, 0.6) is 5.75 Å². The van der Waals surface area contributed by atoms with Crippen LogP contribution in [0.1, 0.15) is 64.4 Å². The molecule has 2 heteroatoms. The lowest BCUT2D eigenvalue weighted by Crippen LogP contribution is -2.28. The largest absolute Gasteiger partial charge is 0.465 e. The first kappa shape index (κ1) is 14.9. The van der Waals surface area contributed by atoms with Gasteiger partial charge in [0.15, 0.2) is 6.29 Å². The second-order valence-electron chi connectivity index (χ2n) is 6.91. The van der Waals surface area contributed by atoms with Crippen molar-refractivity contribution in [3.63, 3.8) is 0 Å². The number of benzene rings is 1. The van der Waals surface area contributed by atoms with Crippen LogP contribution in [-0.2, 0) is 4.74 Å². The van der Waals surface area contributed by atoms with E-state index in [-0.39, 0.29) is 6.29 Å². The Kier molecular flexibility index (Phi) is 4.54. The highest BCUT2D eigenvalue weighted by Crippen LogP contribution is 2.46. The summed E-state index contributed by atoms with van der Waals surface area (Å²) in [5.41, 5.74) is 1.38. The third-order valence-corrected chi connectivity index (χ3v) is 5.40. The van der Waals surface area contributed by atoms with E-state index in [1.165, 1.54) is 37.7 Å². The van der Waals surface area contributed by atoms with Gasteiger partial charge in [0.2, 0.25) is 0 Å². The van der Waals surface area contributed by atoms with Crippen LogP contribution in [0.3, 0.4) is 0 Å². The average Bonchev–Trinajstić information content (AvgIpc) is 3.09. The van der Waals surface area contributed by atoms with Gasteiger partial charge in [0.05, 0.1) is 6.10 Å². The molecule has 0 amide bonds. The second kappa shape index (κ2) is 6.39. The molecule has 0 saturated heterocycles. The molecule has 0 aromatic heterocycles. The van der Waals surface area contributed by atoms with Crippen molar-refractivity contribution in [1.29, 1.82) is 0 Å². The standard InChI is InChI=1S/C19H28O2/c1-4-13(2)16-7-9-18(10-8-16)20-14(3)21-19-12-15-5-6-17(19)11-15/h7-10,13-15,17,19H,4-6,11-12H2,1-3H3. The topological polar surface area (TPSA) is 18.5 Å². The third-order valence-electron chi connectivity index (χ3n) is 5.40. The van der Waals surface area contributed by atoms with Crippen molar-refractivity contribution in [3.8, 4) is 5.75 Å². The monoisotopic (exact) mass is 288 g/mol. The van der Waals surface area contributed by atoms with Crippen LogP contribution in [0, 0.1) is 11.8 Å². The highest BCUT2D eigenvalue weighted by Gasteiger charge is 2.40. The Morgan fingerprint density at radius 3 is 2.43 bits per heavy atom. The fourth-order valence-corrected chi connectivity index (χ4v) is 3.93. The van der Waals surface area contributed by atoms with Gasteiger partial charge in [-0.25, -0.2) is 0 Å². The van der Waals surface area contributed by atoms with Gasteiger partial charge in [-0.3, -0.25) is 0 Å². The summed E-state index contributed by atoms with van der Waals surface area (Å²) >= 11 is 0. The lowest BCUT2D eigenvalue weighted by molar-refractivity contribution is -0.123. The first-order chi connectivity index (χ1) is 10.2. The van der Waals surface area contributed by atoms with Gasteiger partial charge in [0.25, 0.3) is 0 Å². The molecule has 0 radical (unpaired) electrons. The van der Waals surface area contributed by atoms with Gasteiger partial charge in [-0.15, -0.1) is 0 Å². The van der Waals surface area contributed by atoms with Crippen LogP contribution >= 0.6 is 0 Å². The minimum atomic E-state index is -0.149. The number of hydrogen-bond acceptors (Lipinski definition) is 2. The molecule has 0 heterocycles. The van der Waals surface area contributed by atoms with E-state index in [9.17, 15) is 0 Å². The molecule has 2 saturated carbocycles. The van der Waals surface area contributed by atoms with Crippen LogP contribution in [-0.4, -0.2) is 12.4 Å².